The summed E-state index contributed by atoms with van der Waals surface area (Å²) < 4.78 is 0.429. The summed E-state index contributed by atoms with van der Waals surface area (Å²) in [6.45, 7) is 1.90. The number of aromatic nitrogens is 1. The number of hydrogen-bond donors (Lipinski definition) is 2. The van der Waals surface area contributed by atoms with Crippen molar-refractivity contribution in [1.29, 1.82) is 0 Å². The average molecular weight is 293 g/mol. The van der Waals surface area contributed by atoms with Crippen molar-refractivity contribution in [2.75, 3.05) is 0 Å². The molecule has 2 aromatic rings. The zero-order valence-electron chi connectivity index (χ0n) is 10.3. The van der Waals surface area contributed by atoms with Crippen LogP contribution in [0.25, 0.3) is 0 Å². The molecule has 0 aliphatic heterocycles. The van der Waals surface area contributed by atoms with Crippen LogP contribution >= 0.6 is 23.8 Å². The van der Waals surface area contributed by atoms with E-state index in [-0.39, 0.29) is 11.9 Å². The predicted molar refractivity (Wildman–Crippen MR) is 79.0 cm³/mol. The molecule has 0 saturated heterocycles. The fourth-order valence-electron chi connectivity index (χ4n) is 1.73. The van der Waals surface area contributed by atoms with Gasteiger partial charge in [0.05, 0.1) is 11.6 Å². The number of nitrogens with one attached hydrogen (secondary N) is 2. The highest BCUT2D eigenvalue weighted by Gasteiger charge is 2.12. The molecular weight excluding hydrogens is 280 g/mol. The lowest BCUT2D eigenvalue weighted by molar-refractivity contribution is 0.0939. The molecule has 3 nitrogen and oxygen atoms in total. The van der Waals surface area contributed by atoms with Gasteiger partial charge in [-0.2, -0.15) is 0 Å². The minimum atomic E-state index is -0.200. The monoisotopic (exact) mass is 292 g/mol. The first-order valence-electron chi connectivity index (χ1n) is 5.82. The Morgan fingerprint density at radius 1 is 1.37 bits per heavy atom. The van der Waals surface area contributed by atoms with Crippen LogP contribution < -0.4 is 5.32 Å². The predicted octanol–water partition coefficient (Wildman–Crippen LogP) is 3.89. The number of H-pyrrole nitrogens is 1. The summed E-state index contributed by atoms with van der Waals surface area (Å²) in [5.74, 6) is -0.200. The zero-order valence-corrected chi connectivity index (χ0v) is 11.9. The highest BCUT2D eigenvalue weighted by atomic mass is 35.5. The zero-order chi connectivity index (χ0) is 13.8. The minimum Gasteiger partial charge on any atom is -0.352 e. The Kier molecular flexibility index (Phi) is 4.35. The molecule has 19 heavy (non-hydrogen) atoms. The second-order valence-corrected chi connectivity index (χ2v) is 5.01. The summed E-state index contributed by atoms with van der Waals surface area (Å²) in [4.78, 5) is 14.9. The molecule has 1 aromatic heterocycles. The van der Waals surface area contributed by atoms with Crippen LogP contribution in [0.3, 0.4) is 0 Å². The molecule has 0 radical (unpaired) electrons. The Bertz CT molecular complexity index is 654. The molecule has 98 valence electrons. The number of halogens is 1. The van der Waals surface area contributed by atoms with Crippen molar-refractivity contribution in [3.8, 4) is 0 Å². The van der Waals surface area contributed by atoms with Crippen LogP contribution in [0.15, 0.2) is 42.6 Å². The van der Waals surface area contributed by atoms with Gasteiger partial charge in [0, 0.05) is 11.2 Å². The third-order valence-corrected chi connectivity index (χ3v) is 3.33. The maximum atomic E-state index is 12.1. The van der Waals surface area contributed by atoms with Gasteiger partial charge in [0.1, 0.15) is 4.64 Å². The van der Waals surface area contributed by atoms with E-state index in [1.807, 2.05) is 25.1 Å². The Morgan fingerprint density at radius 2 is 2.16 bits per heavy atom. The van der Waals surface area contributed by atoms with Crippen LogP contribution in [0.5, 0.6) is 0 Å². The second kappa shape index (κ2) is 5.99. The Morgan fingerprint density at radius 3 is 2.84 bits per heavy atom. The molecule has 1 atom stereocenters. The van der Waals surface area contributed by atoms with Gasteiger partial charge in [-0.05, 0) is 36.8 Å². The number of carbonyl (C=O) groups excluding carboxylic acids is 1. The van der Waals surface area contributed by atoms with Crippen molar-refractivity contribution in [3.05, 3.63) is 63.4 Å². The molecule has 0 bridgehead atoms. The quantitative estimate of drug-likeness (QED) is 0.843. The molecule has 0 aliphatic rings. The van der Waals surface area contributed by atoms with E-state index < -0.39 is 0 Å². The van der Waals surface area contributed by atoms with Crippen molar-refractivity contribution in [2.24, 2.45) is 0 Å². The number of aromatic amines is 1. The lowest BCUT2D eigenvalue weighted by atomic mass is 10.1. The number of pyridine rings is 1. The summed E-state index contributed by atoms with van der Waals surface area (Å²) >= 11 is 11.0. The van der Waals surface area contributed by atoms with Crippen LogP contribution in [-0.4, -0.2) is 10.9 Å². The fourth-order valence-corrected chi connectivity index (χ4v) is 2.16. The standard InChI is InChI=1S/C14H13ClN2OS/c1-9(10-4-2-5-11(15)8-10)17-13(18)12-6-3-7-16-14(12)19/h2-9H,1H3,(H,16,19)(H,17,18)/t9-/m1/s1. The molecule has 0 unspecified atom stereocenters. The number of carbonyl (C=O) groups is 1. The number of benzene rings is 1. The van der Waals surface area contributed by atoms with E-state index in [0.717, 1.165) is 5.56 Å². The number of hydrogen-bond acceptors (Lipinski definition) is 2. The first-order valence-corrected chi connectivity index (χ1v) is 6.60. The first-order chi connectivity index (χ1) is 9.08. The van der Waals surface area contributed by atoms with Crippen LogP contribution in [0.4, 0.5) is 0 Å². The third-order valence-electron chi connectivity index (χ3n) is 2.76. The molecule has 0 spiro atoms. The lowest BCUT2D eigenvalue weighted by Crippen LogP contribution is -2.27. The van der Waals surface area contributed by atoms with Crippen molar-refractivity contribution in [3.63, 3.8) is 0 Å². The van der Waals surface area contributed by atoms with Crippen LogP contribution in [0.1, 0.15) is 28.9 Å². The van der Waals surface area contributed by atoms with Crippen molar-refractivity contribution in [2.45, 2.75) is 13.0 Å². The van der Waals surface area contributed by atoms with Gasteiger partial charge in [0.2, 0.25) is 0 Å². The highest BCUT2D eigenvalue weighted by Crippen LogP contribution is 2.17. The van der Waals surface area contributed by atoms with E-state index in [1.165, 1.54) is 0 Å². The highest BCUT2D eigenvalue weighted by molar-refractivity contribution is 7.71. The van der Waals surface area contributed by atoms with Gasteiger partial charge in [-0.15, -0.1) is 0 Å². The van der Waals surface area contributed by atoms with Crippen LogP contribution in [0, 0.1) is 4.64 Å². The summed E-state index contributed by atoms with van der Waals surface area (Å²) in [6.07, 6.45) is 1.69. The Labute approximate surface area is 121 Å². The van der Waals surface area contributed by atoms with Gasteiger partial charge in [-0.3, -0.25) is 4.79 Å². The molecule has 0 saturated carbocycles. The Hall–Kier alpha value is -1.65. The van der Waals surface area contributed by atoms with E-state index in [4.69, 9.17) is 23.8 Å². The topological polar surface area (TPSA) is 44.9 Å². The molecule has 1 amide bonds. The molecule has 0 fully saturated rings. The second-order valence-electron chi connectivity index (χ2n) is 4.16. The molecule has 1 heterocycles. The smallest absolute Gasteiger partial charge is 0.254 e. The van der Waals surface area contributed by atoms with Crippen LogP contribution in [-0.2, 0) is 0 Å². The number of amides is 1. The van der Waals surface area contributed by atoms with Crippen molar-refractivity contribution < 1.29 is 4.79 Å². The summed E-state index contributed by atoms with van der Waals surface area (Å²) in [5.41, 5.74) is 1.41. The van der Waals surface area contributed by atoms with E-state index in [9.17, 15) is 4.79 Å². The molecule has 5 heteroatoms. The third kappa shape index (κ3) is 3.43. The van der Waals surface area contributed by atoms with Gasteiger partial charge < -0.3 is 10.3 Å². The molecule has 2 rings (SSSR count). The summed E-state index contributed by atoms with van der Waals surface area (Å²) in [6, 6.07) is 10.7. The minimum absolute atomic E-state index is 0.138. The SMILES string of the molecule is C[C@@H](NC(=O)c1ccc[nH]c1=S)c1cccc(Cl)c1. The van der Waals surface area contributed by atoms with Crippen molar-refractivity contribution in [1.82, 2.24) is 10.3 Å². The maximum Gasteiger partial charge on any atom is 0.254 e. The largest absolute Gasteiger partial charge is 0.352 e. The fraction of sp³-hybridized carbons (Fsp3) is 0.143. The van der Waals surface area contributed by atoms with Crippen molar-refractivity contribution >= 4 is 29.7 Å². The van der Waals surface area contributed by atoms with E-state index in [2.05, 4.69) is 10.3 Å². The van der Waals surface area contributed by atoms with Gasteiger partial charge in [0.25, 0.3) is 5.91 Å². The van der Waals surface area contributed by atoms with E-state index >= 15 is 0 Å². The van der Waals surface area contributed by atoms with Gasteiger partial charge in [-0.25, -0.2) is 0 Å². The molecule has 0 aliphatic carbocycles. The van der Waals surface area contributed by atoms with Crippen LogP contribution in [0.2, 0.25) is 5.02 Å². The van der Waals surface area contributed by atoms with E-state index in [0.29, 0.717) is 15.2 Å². The first kappa shape index (κ1) is 13.8. The van der Waals surface area contributed by atoms with Gasteiger partial charge in [-0.1, -0.05) is 36.0 Å². The molecular formula is C14H13ClN2OS. The van der Waals surface area contributed by atoms with Gasteiger partial charge >= 0.3 is 0 Å². The molecule has 1 aromatic carbocycles. The lowest BCUT2D eigenvalue weighted by Gasteiger charge is -2.14. The maximum absolute atomic E-state index is 12.1. The normalized spacial score (nSPS) is 11.9. The Balaban J connectivity index is 2.16. The number of rotatable bonds is 3. The molecule has 2 N–H and O–H groups in total. The summed E-state index contributed by atoms with van der Waals surface area (Å²) in [7, 11) is 0. The average Bonchev–Trinajstić information content (AvgIpc) is 2.39. The van der Waals surface area contributed by atoms with Gasteiger partial charge in [0.15, 0.2) is 0 Å². The van der Waals surface area contributed by atoms with E-state index in [1.54, 1.807) is 24.4 Å². The summed E-state index contributed by atoms with van der Waals surface area (Å²) in [5, 5.41) is 3.54.